The highest BCUT2D eigenvalue weighted by atomic mass is 35.5. The highest BCUT2D eigenvalue weighted by Gasteiger charge is 2.33. The maximum atomic E-state index is 13.7. The second kappa shape index (κ2) is 13.4. The van der Waals surface area contributed by atoms with Crippen LogP contribution in [0.5, 0.6) is 0 Å². The van der Waals surface area contributed by atoms with Crippen LogP contribution in [0.15, 0.2) is 30.3 Å². The molecular weight excluding hydrogens is 592 g/mol. The molecule has 0 aliphatic rings. The van der Waals surface area contributed by atoms with E-state index in [4.69, 9.17) is 58.0 Å². The quantitative estimate of drug-likeness (QED) is 0.311. The van der Waals surface area contributed by atoms with E-state index in [0.717, 1.165) is 10.6 Å². The highest BCUT2D eigenvalue weighted by molar-refractivity contribution is 7.92. The molecule has 1 N–H and O–H groups in total. The number of rotatable bonds is 11. The maximum Gasteiger partial charge on any atom is 0.244 e. The van der Waals surface area contributed by atoms with E-state index >= 15 is 0 Å². The van der Waals surface area contributed by atoms with Crippen LogP contribution in [-0.4, -0.2) is 50.5 Å². The third kappa shape index (κ3) is 7.79. The smallest absolute Gasteiger partial charge is 0.244 e. The van der Waals surface area contributed by atoms with Gasteiger partial charge in [0.15, 0.2) is 0 Å². The molecule has 2 aromatic rings. The zero-order valence-corrected chi connectivity index (χ0v) is 24.4. The molecule has 0 fully saturated rings. The number of nitrogens with one attached hydrogen (secondary N) is 1. The van der Waals surface area contributed by atoms with Crippen LogP contribution in [-0.2, 0) is 26.2 Å². The molecule has 0 saturated heterocycles. The van der Waals surface area contributed by atoms with Gasteiger partial charge in [-0.05, 0) is 37.1 Å². The van der Waals surface area contributed by atoms with Crippen molar-refractivity contribution in [1.82, 2.24) is 10.2 Å². The summed E-state index contributed by atoms with van der Waals surface area (Å²) in [5.74, 6) is -1.05. The number of benzene rings is 2. The first-order valence-corrected chi connectivity index (χ1v) is 14.7. The van der Waals surface area contributed by atoms with Crippen molar-refractivity contribution in [3.63, 3.8) is 0 Å². The minimum atomic E-state index is -4.01. The lowest BCUT2D eigenvalue weighted by Gasteiger charge is -2.33. The fourth-order valence-electron chi connectivity index (χ4n) is 3.44. The Bertz CT molecular complexity index is 1210. The number of hydrogen-bond donors (Lipinski definition) is 1. The monoisotopic (exact) mass is 615 g/mol. The van der Waals surface area contributed by atoms with Gasteiger partial charge in [0.25, 0.3) is 0 Å². The lowest BCUT2D eigenvalue weighted by atomic mass is 10.1. The minimum absolute atomic E-state index is 0.0175. The third-order valence-corrected chi connectivity index (χ3v) is 8.12. The van der Waals surface area contributed by atoms with Crippen LogP contribution >= 0.6 is 58.0 Å². The average molecular weight is 618 g/mol. The van der Waals surface area contributed by atoms with E-state index in [-0.39, 0.29) is 39.6 Å². The zero-order valence-electron chi connectivity index (χ0n) is 19.8. The van der Waals surface area contributed by atoms with Crippen molar-refractivity contribution in [2.45, 2.75) is 39.3 Å². The first-order valence-electron chi connectivity index (χ1n) is 10.9. The topological polar surface area (TPSA) is 86.8 Å². The van der Waals surface area contributed by atoms with Gasteiger partial charge in [-0.25, -0.2) is 8.42 Å². The normalized spacial score (nSPS) is 12.2. The summed E-state index contributed by atoms with van der Waals surface area (Å²) in [7, 11) is -4.01. The van der Waals surface area contributed by atoms with Crippen molar-refractivity contribution >= 4 is 85.5 Å². The molecule has 0 spiro atoms. The van der Waals surface area contributed by atoms with Crippen LogP contribution < -0.4 is 9.62 Å². The number of hydrogen-bond acceptors (Lipinski definition) is 4. The second-order valence-corrected chi connectivity index (χ2v) is 11.9. The molecule has 0 unspecified atom stereocenters. The van der Waals surface area contributed by atoms with Crippen LogP contribution in [0.3, 0.4) is 0 Å². The molecule has 0 heterocycles. The minimum Gasteiger partial charge on any atom is -0.354 e. The molecule has 0 saturated carbocycles. The number of sulfonamides is 1. The van der Waals surface area contributed by atoms with Crippen molar-refractivity contribution in [3.05, 3.63) is 61.0 Å². The van der Waals surface area contributed by atoms with Gasteiger partial charge in [-0.1, -0.05) is 77.9 Å². The molecule has 0 aliphatic carbocycles. The molecule has 7 nitrogen and oxygen atoms in total. The van der Waals surface area contributed by atoms with Gasteiger partial charge in [-0.3, -0.25) is 13.9 Å². The van der Waals surface area contributed by atoms with Crippen molar-refractivity contribution in [2.24, 2.45) is 0 Å². The summed E-state index contributed by atoms with van der Waals surface area (Å²) in [6.07, 6.45) is 1.89. The molecular formula is C23H26Cl5N3O4S. The SMILES string of the molecule is CCCNC(=O)[C@@H](CC)N(Cc1c(Cl)cccc1Cl)C(=O)CN(c1cc(Cl)c(Cl)cc1Cl)S(C)(=O)=O. The Hall–Kier alpha value is -1.42. The van der Waals surface area contributed by atoms with Crippen molar-refractivity contribution in [3.8, 4) is 0 Å². The van der Waals surface area contributed by atoms with Gasteiger partial charge in [-0.15, -0.1) is 0 Å². The van der Waals surface area contributed by atoms with E-state index in [1.54, 1.807) is 25.1 Å². The van der Waals surface area contributed by atoms with Gasteiger partial charge in [0.2, 0.25) is 21.8 Å². The Morgan fingerprint density at radius 2 is 1.53 bits per heavy atom. The molecule has 13 heteroatoms. The summed E-state index contributed by atoms with van der Waals surface area (Å²) in [5, 5.41) is 3.56. The third-order valence-electron chi connectivity index (χ3n) is 5.26. The van der Waals surface area contributed by atoms with E-state index < -0.39 is 28.5 Å². The fourth-order valence-corrected chi connectivity index (χ4v) is 5.50. The predicted octanol–water partition coefficient (Wildman–Crippen LogP) is 6.05. The number of halogens is 5. The largest absolute Gasteiger partial charge is 0.354 e. The second-order valence-electron chi connectivity index (χ2n) is 7.92. The molecule has 2 aromatic carbocycles. The van der Waals surface area contributed by atoms with Crippen LogP contribution in [0.4, 0.5) is 5.69 Å². The molecule has 0 aliphatic heterocycles. The first-order chi connectivity index (χ1) is 16.8. The summed E-state index contributed by atoms with van der Waals surface area (Å²) >= 11 is 31.0. The maximum absolute atomic E-state index is 13.7. The van der Waals surface area contributed by atoms with Crippen molar-refractivity contribution in [2.75, 3.05) is 23.7 Å². The zero-order chi connectivity index (χ0) is 27.2. The van der Waals surface area contributed by atoms with Gasteiger partial charge in [0, 0.05) is 28.7 Å². The van der Waals surface area contributed by atoms with E-state index in [9.17, 15) is 18.0 Å². The lowest BCUT2D eigenvalue weighted by molar-refractivity contribution is -0.140. The van der Waals surface area contributed by atoms with Gasteiger partial charge >= 0.3 is 0 Å². The first kappa shape index (κ1) is 30.8. The molecule has 0 bridgehead atoms. The number of carbonyl (C=O) groups excluding carboxylic acids is 2. The van der Waals surface area contributed by atoms with Crippen molar-refractivity contribution < 1.29 is 18.0 Å². The molecule has 0 radical (unpaired) electrons. The summed E-state index contributed by atoms with van der Waals surface area (Å²) in [6.45, 7) is 3.28. The summed E-state index contributed by atoms with van der Waals surface area (Å²) < 4.78 is 26.3. The number of amides is 2. The van der Waals surface area contributed by atoms with Gasteiger partial charge < -0.3 is 10.2 Å². The summed E-state index contributed by atoms with van der Waals surface area (Å²) in [4.78, 5) is 27.9. The highest BCUT2D eigenvalue weighted by Crippen LogP contribution is 2.36. The molecule has 2 rings (SSSR count). The average Bonchev–Trinajstić information content (AvgIpc) is 2.79. The van der Waals surface area contributed by atoms with Crippen LogP contribution in [0.2, 0.25) is 25.1 Å². The van der Waals surface area contributed by atoms with Gasteiger partial charge in [-0.2, -0.15) is 0 Å². The van der Waals surface area contributed by atoms with E-state index in [1.165, 1.54) is 17.0 Å². The van der Waals surface area contributed by atoms with E-state index in [2.05, 4.69) is 5.32 Å². The summed E-state index contributed by atoms with van der Waals surface area (Å²) in [6, 6.07) is 6.52. The predicted molar refractivity (Wildman–Crippen MR) is 148 cm³/mol. The Morgan fingerprint density at radius 1 is 0.944 bits per heavy atom. The molecule has 2 amide bonds. The van der Waals surface area contributed by atoms with Crippen LogP contribution in [0.25, 0.3) is 0 Å². The van der Waals surface area contributed by atoms with E-state index in [0.29, 0.717) is 28.6 Å². The van der Waals surface area contributed by atoms with Gasteiger partial charge in [0.05, 0.1) is 27.0 Å². The van der Waals surface area contributed by atoms with Gasteiger partial charge in [0.1, 0.15) is 12.6 Å². The molecule has 1 atom stereocenters. The Kier molecular flexibility index (Phi) is 11.5. The van der Waals surface area contributed by atoms with Crippen LogP contribution in [0, 0.1) is 0 Å². The van der Waals surface area contributed by atoms with E-state index in [1.807, 2.05) is 6.92 Å². The standard InChI is InChI=1S/C23H26Cl5N3O4S/c1-4-9-29-23(33)20(5-2)30(12-14-15(24)7-6-8-16(14)25)22(32)13-31(36(3,34)35)21-11-18(27)17(26)10-19(21)28/h6-8,10-11,20H,4-5,9,12-13H2,1-3H3,(H,29,33)/t20-/m1/s1. The molecule has 198 valence electrons. The Balaban J connectivity index is 2.55. The molecule has 36 heavy (non-hydrogen) atoms. The number of nitrogens with zero attached hydrogens (tertiary/aromatic N) is 2. The molecule has 0 aromatic heterocycles. The Morgan fingerprint density at radius 3 is 2.06 bits per heavy atom. The number of anilines is 1. The fraction of sp³-hybridized carbons (Fsp3) is 0.391. The van der Waals surface area contributed by atoms with Crippen molar-refractivity contribution in [1.29, 1.82) is 0 Å². The lowest BCUT2D eigenvalue weighted by Crippen LogP contribution is -2.52. The van der Waals surface area contributed by atoms with Crippen LogP contribution in [0.1, 0.15) is 32.3 Å². The summed E-state index contributed by atoms with van der Waals surface area (Å²) in [5.41, 5.74) is 0.399. The Labute approximate surface area is 236 Å². The number of carbonyl (C=O) groups is 2.